The number of nitrogens with two attached hydrogens (primary N) is 1. The first-order chi connectivity index (χ1) is 7.59. The maximum atomic E-state index is 12.4. The minimum absolute atomic E-state index is 0.0132. The summed E-state index contributed by atoms with van der Waals surface area (Å²) in [4.78, 5) is 16.6. The fourth-order valence-electron chi connectivity index (χ4n) is 2.87. The molecule has 0 bridgehead atoms. The third-order valence-corrected chi connectivity index (χ3v) is 4.02. The van der Waals surface area contributed by atoms with Gasteiger partial charge in [0, 0.05) is 25.2 Å². The molecule has 2 rings (SSSR count). The fraction of sp³-hybridized carbons (Fsp3) is 0.917. The first-order valence-electron chi connectivity index (χ1n) is 6.34. The Morgan fingerprint density at radius 2 is 2.06 bits per heavy atom. The Morgan fingerprint density at radius 3 is 2.69 bits per heavy atom. The Balaban J connectivity index is 2.02. The van der Waals surface area contributed by atoms with Gasteiger partial charge >= 0.3 is 0 Å². The monoisotopic (exact) mass is 225 g/mol. The second-order valence-electron chi connectivity index (χ2n) is 5.34. The average molecular weight is 225 g/mol. The maximum Gasteiger partial charge on any atom is 0.228 e. The number of amides is 1. The van der Waals surface area contributed by atoms with Crippen molar-refractivity contribution in [3.8, 4) is 0 Å². The molecule has 0 radical (unpaired) electrons. The molecule has 1 amide bonds. The number of nitrogens with zero attached hydrogens (tertiary/aromatic N) is 2. The first-order valence-corrected chi connectivity index (χ1v) is 6.34. The molecule has 0 saturated carbocycles. The zero-order valence-electron chi connectivity index (χ0n) is 10.4. The van der Waals surface area contributed by atoms with Gasteiger partial charge in [-0.25, -0.2) is 0 Å². The van der Waals surface area contributed by atoms with Crippen molar-refractivity contribution in [2.45, 2.75) is 38.3 Å². The smallest absolute Gasteiger partial charge is 0.228 e. The first kappa shape index (κ1) is 11.9. The second-order valence-corrected chi connectivity index (χ2v) is 5.34. The number of piperidine rings is 1. The molecule has 0 aromatic carbocycles. The topological polar surface area (TPSA) is 49.6 Å². The molecular formula is C12H23N3O. The van der Waals surface area contributed by atoms with Crippen molar-refractivity contribution in [3.63, 3.8) is 0 Å². The summed E-state index contributed by atoms with van der Waals surface area (Å²) in [6, 6.07) is 0.462. The highest BCUT2D eigenvalue weighted by atomic mass is 16.2. The largest absolute Gasteiger partial charge is 0.340 e. The lowest BCUT2D eigenvalue weighted by molar-refractivity contribution is -0.138. The summed E-state index contributed by atoms with van der Waals surface area (Å²) in [6.07, 6.45) is 3.23. The molecule has 3 atom stereocenters. The van der Waals surface area contributed by atoms with Crippen LogP contribution in [0.1, 0.15) is 26.2 Å². The van der Waals surface area contributed by atoms with Gasteiger partial charge in [0.2, 0.25) is 5.91 Å². The van der Waals surface area contributed by atoms with E-state index in [0.717, 1.165) is 38.9 Å². The summed E-state index contributed by atoms with van der Waals surface area (Å²) in [5.41, 5.74) is 6.08. The predicted octanol–water partition coefficient (Wildman–Crippen LogP) is 0.276. The molecule has 2 saturated heterocycles. The molecule has 16 heavy (non-hydrogen) atoms. The van der Waals surface area contributed by atoms with Crippen molar-refractivity contribution in [1.29, 1.82) is 0 Å². The number of hydrogen-bond donors (Lipinski definition) is 1. The molecule has 2 aliphatic heterocycles. The summed E-state index contributed by atoms with van der Waals surface area (Å²) in [7, 11) is 2.07. The van der Waals surface area contributed by atoms with E-state index in [-0.39, 0.29) is 17.9 Å². The molecule has 4 nitrogen and oxygen atoms in total. The Kier molecular flexibility index (Phi) is 3.50. The molecule has 0 aromatic heterocycles. The van der Waals surface area contributed by atoms with Crippen LogP contribution in [0.3, 0.4) is 0 Å². The lowest BCUT2D eigenvalue weighted by Gasteiger charge is -2.36. The van der Waals surface area contributed by atoms with Crippen LogP contribution in [-0.4, -0.2) is 54.5 Å². The van der Waals surface area contributed by atoms with Gasteiger partial charge in [-0.05, 0) is 39.8 Å². The number of rotatable bonds is 1. The predicted molar refractivity (Wildman–Crippen MR) is 64.0 cm³/mol. The van der Waals surface area contributed by atoms with Crippen LogP contribution in [0.5, 0.6) is 0 Å². The van der Waals surface area contributed by atoms with Gasteiger partial charge in [-0.1, -0.05) is 0 Å². The zero-order valence-corrected chi connectivity index (χ0v) is 10.4. The molecule has 2 N–H and O–H groups in total. The van der Waals surface area contributed by atoms with Crippen LogP contribution in [-0.2, 0) is 4.79 Å². The maximum absolute atomic E-state index is 12.4. The molecule has 0 aromatic rings. The van der Waals surface area contributed by atoms with Crippen molar-refractivity contribution in [2.24, 2.45) is 11.7 Å². The fourth-order valence-corrected chi connectivity index (χ4v) is 2.87. The van der Waals surface area contributed by atoms with Crippen LogP contribution in [0.25, 0.3) is 0 Å². The molecular weight excluding hydrogens is 202 g/mol. The summed E-state index contributed by atoms with van der Waals surface area (Å²) in [5.74, 6) is 0.295. The lowest BCUT2D eigenvalue weighted by Crippen LogP contribution is -2.53. The third kappa shape index (κ3) is 2.23. The Hall–Kier alpha value is -0.610. The van der Waals surface area contributed by atoms with Crippen molar-refractivity contribution in [2.75, 3.05) is 26.7 Å². The van der Waals surface area contributed by atoms with E-state index in [4.69, 9.17) is 5.73 Å². The van der Waals surface area contributed by atoms with E-state index < -0.39 is 0 Å². The molecule has 2 heterocycles. The minimum atomic E-state index is 0.0132. The Labute approximate surface area is 97.8 Å². The van der Waals surface area contributed by atoms with Gasteiger partial charge in [-0.2, -0.15) is 0 Å². The van der Waals surface area contributed by atoms with Crippen LogP contribution in [0.15, 0.2) is 0 Å². The summed E-state index contributed by atoms with van der Waals surface area (Å²) < 4.78 is 0. The summed E-state index contributed by atoms with van der Waals surface area (Å²) in [5, 5.41) is 0. The standard InChI is InChI=1S/C12H23N3O/c1-9-4-3-6-15(9)12(16)10-8-14(2)7-5-11(10)13/h9-11H,3-8,13H2,1-2H3/t9-,10-,11-/m1/s1. The van der Waals surface area contributed by atoms with Crippen LogP contribution in [0.4, 0.5) is 0 Å². The van der Waals surface area contributed by atoms with E-state index in [1.54, 1.807) is 0 Å². The number of hydrogen-bond acceptors (Lipinski definition) is 3. The van der Waals surface area contributed by atoms with E-state index in [2.05, 4.69) is 18.9 Å². The van der Waals surface area contributed by atoms with Gasteiger partial charge in [-0.3, -0.25) is 4.79 Å². The van der Waals surface area contributed by atoms with E-state index in [9.17, 15) is 4.79 Å². The van der Waals surface area contributed by atoms with Crippen molar-refractivity contribution in [1.82, 2.24) is 9.80 Å². The van der Waals surface area contributed by atoms with Crippen molar-refractivity contribution in [3.05, 3.63) is 0 Å². The van der Waals surface area contributed by atoms with Gasteiger partial charge < -0.3 is 15.5 Å². The van der Waals surface area contributed by atoms with Gasteiger partial charge in [0.1, 0.15) is 0 Å². The van der Waals surface area contributed by atoms with E-state index in [0.29, 0.717) is 6.04 Å². The highest BCUT2D eigenvalue weighted by molar-refractivity contribution is 5.80. The van der Waals surface area contributed by atoms with Gasteiger partial charge in [0.25, 0.3) is 0 Å². The summed E-state index contributed by atoms with van der Waals surface area (Å²) >= 11 is 0. The Morgan fingerprint density at radius 1 is 1.31 bits per heavy atom. The normalized spacial score (nSPS) is 36.7. The molecule has 0 unspecified atom stereocenters. The van der Waals surface area contributed by atoms with Gasteiger partial charge in [0.15, 0.2) is 0 Å². The van der Waals surface area contributed by atoms with Crippen LogP contribution in [0, 0.1) is 5.92 Å². The Bertz CT molecular complexity index is 269. The summed E-state index contributed by atoms with van der Waals surface area (Å²) in [6.45, 7) is 4.90. The van der Waals surface area contributed by atoms with E-state index in [1.165, 1.54) is 0 Å². The highest BCUT2D eigenvalue weighted by Gasteiger charge is 2.36. The number of carbonyl (C=O) groups excluding carboxylic acids is 1. The number of likely N-dealkylation sites (tertiary alicyclic amines) is 2. The second kappa shape index (κ2) is 4.72. The molecule has 4 heteroatoms. The van der Waals surface area contributed by atoms with Crippen LogP contribution >= 0.6 is 0 Å². The molecule has 2 aliphatic rings. The molecule has 0 spiro atoms. The van der Waals surface area contributed by atoms with Gasteiger partial charge in [0.05, 0.1) is 5.92 Å². The third-order valence-electron chi connectivity index (χ3n) is 4.02. The van der Waals surface area contributed by atoms with Crippen molar-refractivity contribution < 1.29 is 4.79 Å². The molecule has 0 aliphatic carbocycles. The average Bonchev–Trinajstić information content (AvgIpc) is 2.67. The van der Waals surface area contributed by atoms with Gasteiger partial charge in [-0.15, -0.1) is 0 Å². The molecule has 92 valence electrons. The zero-order chi connectivity index (χ0) is 11.7. The van der Waals surface area contributed by atoms with Crippen molar-refractivity contribution >= 4 is 5.91 Å². The van der Waals surface area contributed by atoms with E-state index >= 15 is 0 Å². The minimum Gasteiger partial charge on any atom is -0.340 e. The molecule has 2 fully saturated rings. The van der Waals surface area contributed by atoms with E-state index in [1.807, 2.05) is 4.90 Å². The quantitative estimate of drug-likeness (QED) is 0.697. The highest BCUT2D eigenvalue weighted by Crippen LogP contribution is 2.23. The van der Waals surface area contributed by atoms with Crippen LogP contribution in [0.2, 0.25) is 0 Å². The lowest BCUT2D eigenvalue weighted by atomic mass is 9.91. The number of carbonyl (C=O) groups is 1. The van der Waals surface area contributed by atoms with Crippen LogP contribution < -0.4 is 5.73 Å². The SMILES string of the molecule is C[C@@H]1CCCN1C(=O)[C@@H]1CN(C)CC[C@H]1N.